The van der Waals surface area contributed by atoms with Crippen LogP contribution in [-0.2, 0) is 15.0 Å². The highest BCUT2D eigenvalue weighted by Gasteiger charge is 2.50. The Kier molecular flexibility index (Phi) is 2.82. The zero-order valence-electron chi connectivity index (χ0n) is 10.4. The van der Waals surface area contributed by atoms with Gasteiger partial charge in [0.2, 0.25) is 0 Å². The van der Waals surface area contributed by atoms with Crippen LogP contribution in [0.25, 0.3) is 0 Å². The van der Waals surface area contributed by atoms with Gasteiger partial charge in [-0.1, -0.05) is 0 Å². The molecule has 1 saturated heterocycles. The molecule has 0 amide bonds. The molecule has 2 aliphatic rings. The third-order valence-corrected chi connectivity index (χ3v) is 3.69. The van der Waals surface area contributed by atoms with Crippen LogP contribution in [0, 0.1) is 21.8 Å². The molecule has 2 atom stereocenters. The van der Waals surface area contributed by atoms with Crippen LogP contribution in [-0.4, -0.2) is 30.8 Å². The topological polar surface area (TPSA) is 100.0 Å². The van der Waals surface area contributed by atoms with Crippen molar-refractivity contribution in [2.24, 2.45) is 16.6 Å². The number of amidine groups is 1. The molecule has 1 aromatic carbocycles. The largest absolute Gasteiger partial charge is 0.465 e. The van der Waals surface area contributed by atoms with Crippen molar-refractivity contribution >= 4 is 11.7 Å². The van der Waals surface area contributed by atoms with Gasteiger partial charge in [0.1, 0.15) is 11.4 Å². The third-order valence-electron chi connectivity index (χ3n) is 3.69. The Labute approximate surface area is 113 Å². The van der Waals surface area contributed by atoms with Gasteiger partial charge in [0.15, 0.2) is 0 Å². The number of ether oxygens (including phenoxy) is 2. The van der Waals surface area contributed by atoms with Crippen molar-refractivity contribution in [3.63, 3.8) is 0 Å². The monoisotopic (exact) mass is 281 g/mol. The highest BCUT2D eigenvalue weighted by atomic mass is 19.1. The molecule has 7 nitrogen and oxygen atoms in total. The molecule has 0 aliphatic carbocycles. The summed E-state index contributed by atoms with van der Waals surface area (Å²) in [4.78, 5) is 14.5. The average Bonchev–Trinajstić information content (AvgIpc) is 2.82. The highest BCUT2D eigenvalue weighted by molar-refractivity contribution is 5.73. The first-order valence-corrected chi connectivity index (χ1v) is 6.03. The number of hydrogen-bond acceptors (Lipinski definition) is 6. The van der Waals surface area contributed by atoms with Gasteiger partial charge in [-0.3, -0.25) is 10.1 Å². The number of nitro benzene ring substituents is 1. The summed E-state index contributed by atoms with van der Waals surface area (Å²) in [5.41, 5.74) is 4.47. The molecule has 0 radical (unpaired) electrons. The van der Waals surface area contributed by atoms with Crippen molar-refractivity contribution in [3.8, 4) is 0 Å². The van der Waals surface area contributed by atoms with Gasteiger partial charge in [0.05, 0.1) is 24.7 Å². The van der Waals surface area contributed by atoms with Crippen molar-refractivity contribution in [1.29, 1.82) is 0 Å². The van der Waals surface area contributed by atoms with Crippen LogP contribution in [0.2, 0.25) is 0 Å². The number of hydrogen-bond donors (Lipinski definition) is 1. The normalized spacial score (nSPS) is 28.4. The lowest BCUT2D eigenvalue weighted by atomic mass is 9.80. The molecule has 0 spiro atoms. The maximum Gasteiger partial charge on any atom is 0.282 e. The number of nitro groups is 1. The quantitative estimate of drug-likeness (QED) is 0.641. The average molecular weight is 281 g/mol. The van der Waals surface area contributed by atoms with Gasteiger partial charge in [-0.15, -0.1) is 0 Å². The van der Waals surface area contributed by atoms with E-state index in [4.69, 9.17) is 15.2 Å². The van der Waals surface area contributed by atoms with Crippen molar-refractivity contribution in [3.05, 3.63) is 39.7 Å². The van der Waals surface area contributed by atoms with E-state index in [1.807, 2.05) is 0 Å². The molecule has 2 unspecified atom stereocenters. The summed E-state index contributed by atoms with van der Waals surface area (Å²) < 4.78 is 24.7. The van der Waals surface area contributed by atoms with Crippen LogP contribution in [0.3, 0.4) is 0 Å². The van der Waals surface area contributed by atoms with E-state index >= 15 is 0 Å². The van der Waals surface area contributed by atoms with Gasteiger partial charge in [0.25, 0.3) is 11.7 Å². The Morgan fingerprint density at radius 2 is 2.30 bits per heavy atom. The van der Waals surface area contributed by atoms with E-state index in [0.29, 0.717) is 6.61 Å². The fourth-order valence-corrected chi connectivity index (χ4v) is 2.65. The summed E-state index contributed by atoms with van der Waals surface area (Å²) in [6.45, 7) is 0.718. The Balaban J connectivity index is 2.17. The van der Waals surface area contributed by atoms with E-state index < -0.39 is 16.3 Å². The van der Waals surface area contributed by atoms with Crippen LogP contribution < -0.4 is 5.73 Å². The van der Waals surface area contributed by atoms with E-state index in [9.17, 15) is 14.5 Å². The van der Waals surface area contributed by atoms with Crippen LogP contribution in [0.15, 0.2) is 23.2 Å². The Morgan fingerprint density at radius 3 is 3.05 bits per heavy atom. The molecule has 8 heteroatoms. The SMILES string of the molecule is NC1=NC2(c3cc([N+](=O)[O-])ccc3F)COCC2CO1. The van der Waals surface area contributed by atoms with Crippen molar-refractivity contribution < 1.29 is 18.8 Å². The number of nitrogens with zero attached hydrogens (tertiary/aromatic N) is 2. The molecule has 0 aromatic heterocycles. The summed E-state index contributed by atoms with van der Waals surface area (Å²) in [5.74, 6) is -0.782. The zero-order chi connectivity index (χ0) is 14.3. The lowest BCUT2D eigenvalue weighted by Crippen LogP contribution is -2.43. The second-order valence-corrected chi connectivity index (χ2v) is 4.82. The first kappa shape index (κ1) is 12.8. The number of rotatable bonds is 2. The Bertz CT molecular complexity index is 606. The van der Waals surface area contributed by atoms with E-state index in [1.165, 1.54) is 6.07 Å². The fourth-order valence-electron chi connectivity index (χ4n) is 2.65. The first-order chi connectivity index (χ1) is 9.53. The predicted octanol–water partition coefficient (Wildman–Crippen LogP) is 0.921. The lowest BCUT2D eigenvalue weighted by molar-refractivity contribution is -0.385. The summed E-state index contributed by atoms with van der Waals surface area (Å²) in [5, 5.41) is 10.9. The molecule has 1 fully saturated rings. The van der Waals surface area contributed by atoms with E-state index in [1.54, 1.807) is 0 Å². The summed E-state index contributed by atoms with van der Waals surface area (Å²) in [6.07, 6.45) is 0. The standard InChI is InChI=1S/C12H12FN3O4/c13-10-2-1-8(16(17)18)3-9(10)12-6-19-4-7(12)5-20-11(14)15-12/h1-3,7H,4-6H2,(H2,14,15). The number of nitrogens with two attached hydrogens (primary N) is 1. The zero-order valence-corrected chi connectivity index (χ0v) is 10.4. The van der Waals surface area contributed by atoms with Gasteiger partial charge in [0, 0.05) is 23.6 Å². The molecule has 2 aliphatic heterocycles. The first-order valence-electron chi connectivity index (χ1n) is 6.03. The summed E-state index contributed by atoms with van der Waals surface area (Å²) >= 11 is 0. The van der Waals surface area contributed by atoms with Crippen LogP contribution in [0.1, 0.15) is 5.56 Å². The number of benzene rings is 1. The minimum Gasteiger partial charge on any atom is -0.465 e. The van der Waals surface area contributed by atoms with E-state index in [-0.39, 0.29) is 36.4 Å². The van der Waals surface area contributed by atoms with Gasteiger partial charge >= 0.3 is 0 Å². The summed E-state index contributed by atoms with van der Waals surface area (Å²) in [7, 11) is 0. The molecule has 2 heterocycles. The smallest absolute Gasteiger partial charge is 0.282 e. The second-order valence-electron chi connectivity index (χ2n) is 4.82. The minimum atomic E-state index is -1.04. The van der Waals surface area contributed by atoms with Crippen molar-refractivity contribution in [2.45, 2.75) is 5.54 Å². The molecule has 2 N–H and O–H groups in total. The van der Waals surface area contributed by atoms with Gasteiger partial charge in [-0.25, -0.2) is 9.38 Å². The lowest BCUT2D eigenvalue weighted by Gasteiger charge is -2.33. The van der Waals surface area contributed by atoms with Crippen molar-refractivity contribution in [1.82, 2.24) is 0 Å². The third kappa shape index (κ3) is 1.80. The maximum atomic E-state index is 14.1. The molecular formula is C12H12FN3O4. The highest BCUT2D eigenvalue weighted by Crippen LogP contribution is 2.43. The Hall–Kier alpha value is -2.22. The predicted molar refractivity (Wildman–Crippen MR) is 66.6 cm³/mol. The summed E-state index contributed by atoms with van der Waals surface area (Å²) in [6, 6.07) is 3.32. The fraction of sp³-hybridized carbons (Fsp3) is 0.417. The molecular weight excluding hydrogens is 269 g/mol. The number of halogens is 1. The van der Waals surface area contributed by atoms with Gasteiger partial charge in [-0.2, -0.15) is 0 Å². The van der Waals surface area contributed by atoms with E-state index in [2.05, 4.69) is 4.99 Å². The molecule has 106 valence electrons. The maximum absolute atomic E-state index is 14.1. The van der Waals surface area contributed by atoms with Crippen LogP contribution >= 0.6 is 0 Å². The van der Waals surface area contributed by atoms with Gasteiger partial charge in [-0.05, 0) is 6.07 Å². The number of non-ortho nitro benzene ring substituents is 1. The van der Waals surface area contributed by atoms with Crippen LogP contribution in [0.4, 0.5) is 10.1 Å². The molecule has 0 saturated carbocycles. The number of aliphatic imine (C=N–C) groups is 1. The molecule has 0 bridgehead atoms. The second kappa shape index (κ2) is 4.41. The van der Waals surface area contributed by atoms with Crippen molar-refractivity contribution in [2.75, 3.05) is 19.8 Å². The Morgan fingerprint density at radius 1 is 1.50 bits per heavy atom. The molecule has 1 aromatic rings. The minimum absolute atomic E-state index is 0.0577. The van der Waals surface area contributed by atoms with E-state index in [0.717, 1.165) is 12.1 Å². The molecule has 3 rings (SSSR count). The van der Waals surface area contributed by atoms with Gasteiger partial charge < -0.3 is 15.2 Å². The number of fused-ring (bicyclic) bond motifs is 1. The van der Waals surface area contributed by atoms with Crippen LogP contribution in [0.5, 0.6) is 0 Å². The molecule has 20 heavy (non-hydrogen) atoms.